The summed E-state index contributed by atoms with van der Waals surface area (Å²) in [6, 6.07) is 7.66. The van der Waals surface area contributed by atoms with Gasteiger partial charge in [0.25, 0.3) is 0 Å². The first-order chi connectivity index (χ1) is 9.11. The van der Waals surface area contributed by atoms with Crippen LogP contribution in [0.25, 0.3) is 0 Å². The van der Waals surface area contributed by atoms with Crippen LogP contribution in [0.2, 0.25) is 5.02 Å². The van der Waals surface area contributed by atoms with Gasteiger partial charge >= 0.3 is 0 Å². The van der Waals surface area contributed by atoms with Gasteiger partial charge in [0.1, 0.15) is 0 Å². The van der Waals surface area contributed by atoms with Gasteiger partial charge in [-0.25, -0.2) is 0 Å². The van der Waals surface area contributed by atoms with Gasteiger partial charge in [-0.1, -0.05) is 23.7 Å². The predicted octanol–water partition coefficient (Wildman–Crippen LogP) is 1.53. The van der Waals surface area contributed by atoms with Crippen LogP contribution in [0.15, 0.2) is 24.3 Å². The average Bonchev–Trinajstić information content (AvgIpc) is 2.88. The number of benzene rings is 1. The zero-order chi connectivity index (χ0) is 13.8. The first-order valence-corrected chi connectivity index (χ1v) is 6.74. The minimum atomic E-state index is -0.0951. The number of carbonyl (C=O) groups is 1. The lowest BCUT2D eigenvalue weighted by atomic mass is 10.0. The molecule has 1 aromatic carbocycles. The van der Waals surface area contributed by atoms with Crippen LogP contribution in [-0.4, -0.2) is 44.2 Å². The summed E-state index contributed by atoms with van der Waals surface area (Å²) in [7, 11) is 3.68. The Hall–Kier alpha value is -1.10. The van der Waals surface area contributed by atoms with Crippen molar-refractivity contribution in [2.24, 2.45) is 5.92 Å². The van der Waals surface area contributed by atoms with Crippen molar-refractivity contribution >= 4 is 17.5 Å². The Bertz CT molecular complexity index is 436. The molecule has 2 rings (SSSR count). The van der Waals surface area contributed by atoms with E-state index in [0.29, 0.717) is 24.8 Å². The quantitative estimate of drug-likeness (QED) is 0.911. The van der Waals surface area contributed by atoms with Gasteiger partial charge in [-0.2, -0.15) is 0 Å². The molecule has 1 heterocycles. The van der Waals surface area contributed by atoms with Crippen molar-refractivity contribution < 1.29 is 9.53 Å². The Balaban J connectivity index is 1.97. The minimum Gasteiger partial charge on any atom is -0.379 e. The highest BCUT2D eigenvalue weighted by atomic mass is 35.5. The van der Waals surface area contributed by atoms with Crippen LogP contribution in [0.5, 0.6) is 0 Å². The van der Waals surface area contributed by atoms with Crippen LogP contribution in [-0.2, 0) is 16.1 Å². The van der Waals surface area contributed by atoms with Crippen molar-refractivity contribution in [3.63, 3.8) is 0 Å². The van der Waals surface area contributed by atoms with E-state index in [9.17, 15) is 4.79 Å². The molecule has 1 amide bonds. The maximum Gasteiger partial charge on any atom is 0.229 e. The second kappa shape index (κ2) is 6.37. The molecule has 0 aromatic heterocycles. The number of ether oxygens (including phenoxy) is 1. The molecule has 1 aromatic rings. The molecule has 1 saturated heterocycles. The maximum absolute atomic E-state index is 12.4. The topological polar surface area (TPSA) is 41.6 Å². The Morgan fingerprint density at radius 2 is 2.11 bits per heavy atom. The summed E-state index contributed by atoms with van der Waals surface area (Å²) in [6.07, 6.45) is 0. The zero-order valence-electron chi connectivity index (χ0n) is 11.2. The maximum atomic E-state index is 12.4. The van der Waals surface area contributed by atoms with Crippen LogP contribution < -0.4 is 5.32 Å². The molecule has 5 heteroatoms. The fourth-order valence-corrected chi connectivity index (χ4v) is 2.43. The number of amides is 1. The van der Waals surface area contributed by atoms with E-state index in [0.717, 1.165) is 5.56 Å². The second-order valence-electron chi connectivity index (χ2n) is 4.86. The minimum absolute atomic E-state index is 0.0951. The number of rotatable bonds is 4. The molecule has 2 unspecified atom stereocenters. The fraction of sp³-hybridized carbons (Fsp3) is 0.500. The molecule has 0 spiro atoms. The molecule has 104 valence electrons. The SMILES string of the molecule is CNC1COCC1C(=O)N(C)Cc1ccc(Cl)cc1. The molecule has 19 heavy (non-hydrogen) atoms. The first-order valence-electron chi connectivity index (χ1n) is 6.36. The number of halogens is 1. The van der Waals surface area contributed by atoms with Crippen LogP contribution in [0.4, 0.5) is 0 Å². The summed E-state index contributed by atoms with van der Waals surface area (Å²) >= 11 is 5.85. The number of carbonyl (C=O) groups excluding carboxylic acids is 1. The Kier molecular flexibility index (Phi) is 4.80. The highest BCUT2D eigenvalue weighted by Crippen LogP contribution is 2.18. The van der Waals surface area contributed by atoms with E-state index in [1.807, 2.05) is 38.4 Å². The monoisotopic (exact) mass is 282 g/mol. The Labute approximate surface area is 118 Å². The van der Waals surface area contributed by atoms with E-state index in [4.69, 9.17) is 16.3 Å². The van der Waals surface area contributed by atoms with E-state index >= 15 is 0 Å². The number of hydrogen-bond acceptors (Lipinski definition) is 3. The van der Waals surface area contributed by atoms with Crippen LogP contribution in [0.3, 0.4) is 0 Å². The Morgan fingerprint density at radius 3 is 2.74 bits per heavy atom. The molecule has 1 N–H and O–H groups in total. The molecule has 1 fully saturated rings. The third-order valence-electron chi connectivity index (χ3n) is 3.48. The van der Waals surface area contributed by atoms with Crippen molar-refractivity contribution in [1.29, 1.82) is 0 Å². The van der Waals surface area contributed by atoms with E-state index in [1.165, 1.54) is 0 Å². The lowest BCUT2D eigenvalue weighted by Crippen LogP contribution is -2.43. The van der Waals surface area contributed by atoms with E-state index in [2.05, 4.69) is 5.32 Å². The van der Waals surface area contributed by atoms with Crippen molar-refractivity contribution in [2.45, 2.75) is 12.6 Å². The molecule has 0 radical (unpaired) electrons. The summed E-state index contributed by atoms with van der Waals surface area (Å²) in [4.78, 5) is 14.1. The normalized spacial score (nSPS) is 22.5. The summed E-state index contributed by atoms with van der Waals surface area (Å²) < 4.78 is 5.37. The summed E-state index contributed by atoms with van der Waals surface area (Å²) in [6.45, 7) is 1.68. The van der Waals surface area contributed by atoms with Gasteiger partial charge in [0.15, 0.2) is 0 Å². The molecule has 2 atom stereocenters. The summed E-state index contributed by atoms with van der Waals surface area (Å²) in [5, 5.41) is 3.84. The largest absolute Gasteiger partial charge is 0.379 e. The van der Waals surface area contributed by atoms with Crippen molar-refractivity contribution in [1.82, 2.24) is 10.2 Å². The summed E-state index contributed by atoms with van der Waals surface area (Å²) in [5.74, 6) is 0.0223. The highest BCUT2D eigenvalue weighted by Gasteiger charge is 2.34. The zero-order valence-corrected chi connectivity index (χ0v) is 12.0. The number of likely N-dealkylation sites (N-methyl/N-ethyl adjacent to an activating group) is 1. The fourth-order valence-electron chi connectivity index (χ4n) is 2.31. The molecule has 0 bridgehead atoms. The van der Waals surface area contributed by atoms with Gasteiger partial charge in [-0.3, -0.25) is 4.79 Å². The average molecular weight is 283 g/mol. The molecule has 0 aliphatic carbocycles. The third kappa shape index (κ3) is 3.47. The van der Waals surface area contributed by atoms with Gasteiger partial charge in [0.05, 0.1) is 19.1 Å². The standard InChI is InChI=1S/C14H19ClN2O2/c1-16-13-9-19-8-12(13)14(18)17(2)7-10-3-5-11(15)6-4-10/h3-6,12-13,16H,7-9H2,1-2H3. The summed E-state index contributed by atoms with van der Waals surface area (Å²) in [5.41, 5.74) is 1.07. The lowest BCUT2D eigenvalue weighted by molar-refractivity contribution is -0.135. The molecular formula is C14H19ClN2O2. The smallest absolute Gasteiger partial charge is 0.229 e. The van der Waals surface area contributed by atoms with Crippen molar-refractivity contribution in [3.05, 3.63) is 34.9 Å². The lowest BCUT2D eigenvalue weighted by Gasteiger charge is -2.23. The van der Waals surface area contributed by atoms with E-state index in [-0.39, 0.29) is 17.9 Å². The predicted molar refractivity (Wildman–Crippen MR) is 75.1 cm³/mol. The van der Waals surface area contributed by atoms with Crippen LogP contribution >= 0.6 is 11.6 Å². The number of nitrogens with one attached hydrogen (secondary N) is 1. The molecule has 4 nitrogen and oxygen atoms in total. The first kappa shape index (κ1) is 14.3. The van der Waals surface area contributed by atoms with Crippen molar-refractivity contribution in [3.8, 4) is 0 Å². The highest BCUT2D eigenvalue weighted by molar-refractivity contribution is 6.30. The number of nitrogens with zero attached hydrogens (tertiary/aromatic N) is 1. The number of hydrogen-bond donors (Lipinski definition) is 1. The molecular weight excluding hydrogens is 264 g/mol. The van der Waals surface area contributed by atoms with Gasteiger partial charge in [0.2, 0.25) is 5.91 Å². The molecule has 1 aliphatic rings. The van der Waals surface area contributed by atoms with Gasteiger partial charge in [-0.05, 0) is 24.7 Å². The second-order valence-corrected chi connectivity index (χ2v) is 5.30. The van der Waals surface area contributed by atoms with Crippen molar-refractivity contribution in [2.75, 3.05) is 27.3 Å². The Morgan fingerprint density at radius 1 is 1.42 bits per heavy atom. The van der Waals surface area contributed by atoms with E-state index in [1.54, 1.807) is 4.90 Å². The van der Waals surface area contributed by atoms with Gasteiger partial charge in [-0.15, -0.1) is 0 Å². The van der Waals surface area contributed by atoms with Crippen LogP contribution in [0, 0.1) is 5.92 Å². The molecule has 0 saturated carbocycles. The third-order valence-corrected chi connectivity index (χ3v) is 3.73. The van der Waals surface area contributed by atoms with Gasteiger partial charge < -0.3 is 15.0 Å². The van der Waals surface area contributed by atoms with Crippen LogP contribution in [0.1, 0.15) is 5.56 Å². The van der Waals surface area contributed by atoms with E-state index < -0.39 is 0 Å². The molecule has 1 aliphatic heterocycles. The van der Waals surface area contributed by atoms with Gasteiger partial charge in [0, 0.05) is 24.7 Å².